The van der Waals surface area contributed by atoms with Crippen LogP contribution in [0.4, 0.5) is 0 Å². The Morgan fingerprint density at radius 1 is 1.05 bits per heavy atom. The molecule has 2 aromatic carbocycles. The van der Waals surface area contributed by atoms with Crippen LogP contribution in [0, 0.1) is 6.92 Å². The Bertz CT molecular complexity index is 546. The van der Waals surface area contributed by atoms with E-state index in [0.29, 0.717) is 0 Å². The molecule has 2 rings (SSSR count). The lowest BCUT2D eigenvalue weighted by atomic mass is 9.97. The fourth-order valence-corrected chi connectivity index (χ4v) is 2.79. The number of benzene rings is 2. The van der Waals surface area contributed by atoms with E-state index in [0.717, 1.165) is 17.3 Å². The number of halogens is 1. The van der Waals surface area contributed by atoms with Crippen LogP contribution in [0.3, 0.4) is 0 Å². The lowest BCUT2D eigenvalue weighted by Crippen LogP contribution is -2.14. The van der Waals surface area contributed by atoms with Gasteiger partial charge < -0.3 is 5.73 Å². The van der Waals surface area contributed by atoms with Gasteiger partial charge in [0.15, 0.2) is 0 Å². The summed E-state index contributed by atoms with van der Waals surface area (Å²) in [6.45, 7) is 4.26. The van der Waals surface area contributed by atoms with Crippen molar-refractivity contribution in [2.75, 3.05) is 0 Å². The molecular weight excluding hydrogens is 298 g/mol. The molecule has 0 saturated heterocycles. The van der Waals surface area contributed by atoms with Crippen molar-refractivity contribution in [3.8, 4) is 0 Å². The second kappa shape index (κ2) is 6.36. The van der Waals surface area contributed by atoms with Gasteiger partial charge in [-0.3, -0.25) is 0 Å². The SMILES string of the molecule is CCc1ccc(CC(N)c2cccc(C)c2Br)cc1. The number of rotatable bonds is 4. The van der Waals surface area contributed by atoms with Crippen LogP contribution in [0.2, 0.25) is 0 Å². The Balaban J connectivity index is 2.15. The average molecular weight is 318 g/mol. The van der Waals surface area contributed by atoms with Crippen molar-refractivity contribution in [1.29, 1.82) is 0 Å². The molecule has 2 aromatic rings. The molecule has 0 radical (unpaired) electrons. The highest BCUT2D eigenvalue weighted by Crippen LogP contribution is 2.27. The van der Waals surface area contributed by atoms with E-state index in [2.05, 4.69) is 72.2 Å². The summed E-state index contributed by atoms with van der Waals surface area (Å²) in [6, 6.07) is 15.0. The summed E-state index contributed by atoms with van der Waals surface area (Å²) in [5.41, 5.74) is 11.4. The first-order chi connectivity index (χ1) is 9.11. The highest BCUT2D eigenvalue weighted by molar-refractivity contribution is 9.10. The van der Waals surface area contributed by atoms with E-state index in [1.165, 1.54) is 22.3 Å². The number of hydrogen-bond donors (Lipinski definition) is 1. The molecule has 0 saturated carbocycles. The van der Waals surface area contributed by atoms with Crippen LogP contribution < -0.4 is 5.73 Å². The summed E-state index contributed by atoms with van der Waals surface area (Å²) in [6.07, 6.45) is 1.95. The van der Waals surface area contributed by atoms with Gasteiger partial charge in [-0.15, -0.1) is 0 Å². The van der Waals surface area contributed by atoms with Crippen LogP contribution in [-0.4, -0.2) is 0 Å². The maximum absolute atomic E-state index is 6.34. The largest absolute Gasteiger partial charge is 0.324 e. The van der Waals surface area contributed by atoms with Crippen molar-refractivity contribution < 1.29 is 0 Å². The Kier molecular flexibility index (Phi) is 4.78. The van der Waals surface area contributed by atoms with E-state index < -0.39 is 0 Å². The molecule has 1 atom stereocenters. The maximum atomic E-state index is 6.34. The molecule has 0 amide bonds. The molecule has 0 fully saturated rings. The quantitative estimate of drug-likeness (QED) is 0.878. The zero-order chi connectivity index (χ0) is 13.8. The monoisotopic (exact) mass is 317 g/mol. The van der Waals surface area contributed by atoms with Gasteiger partial charge in [0.2, 0.25) is 0 Å². The van der Waals surface area contributed by atoms with E-state index in [-0.39, 0.29) is 6.04 Å². The normalized spacial score (nSPS) is 12.4. The molecule has 2 N–H and O–H groups in total. The lowest BCUT2D eigenvalue weighted by Gasteiger charge is -2.15. The molecule has 0 aliphatic heterocycles. The van der Waals surface area contributed by atoms with Crippen molar-refractivity contribution in [3.05, 3.63) is 69.2 Å². The van der Waals surface area contributed by atoms with Gasteiger partial charge in [-0.05, 0) is 42.0 Å². The molecule has 0 aromatic heterocycles. The van der Waals surface area contributed by atoms with E-state index in [4.69, 9.17) is 5.73 Å². The van der Waals surface area contributed by atoms with E-state index in [1.807, 2.05) is 0 Å². The fraction of sp³-hybridized carbons (Fsp3) is 0.294. The van der Waals surface area contributed by atoms with Crippen molar-refractivity contribution in [3.63, 3.8) is 0 Å². The summed E-state index contributed by atoms with van der Waals surface area (Å²) in [5.74, 6) is 0. The second-order valence-electron chi connectivity index (χ2n) is 4.96. The molecule has 0 heterocycles. The number of aryl methyl sites for hydroxylation is 2. The highest BCUT2D eigenvalue weighted by atomic mass is 79.9. The number of hydrogen-bond acceptors (Lipinski definition) is 1. The summed E-state index contributed by atoms with van der Waals surface area (Å²) in [4.78, 5) is 0. The summed E-state index contributed by atoms with van der Waals surface area (Å²) in [7, 11) is 0. The van der Waals surface area contributed by atoms with E-state index in [1.54, 1.807) is 0 Å². The van der Waals surface area contributed by atoms with Crippen LogP contribution in [0.5, 0.6) is 0 Å². The molecular formula is C17H20BrN. The molecule has 19 heavy (non-hydrogen) atoms. The zero-order valence-corrected chi connectivity index (χ0v) is 13.1. The first-order valence-corrected chi connectivity index (χ1v) is 7.49. The second-order valence-corrected chi connectivity index (χ2v) is 5.75. The fourth-order valence-electron chi connectivity index (χ4n) is 2.23. The minimum atomic E-state index is 0.0294. The predicted octanol–water partition coefficient (Wildman–Crippen LogP) is 4.56. The van der Waals surface area contributed by atoms with Gasteiger partial charge in [0, 0.05) is 10.5 Å². The summed E-state index contributed by atoms with van der Waals surface area (Å²) in [5, 5.41) is 0. The lowest BCUT2D eigenvalue weighted by molar-refractivity contribution is 0.717. The van der Waals surface area contributed by atoms with Crippen LogP contribution in [-0.2, 0) is 12.8 Å². The van der Waals surface area contributed by atoms with Gasteiger partial charge in [-0.25, -0.2) is 0 Å². The molecule has 100 valence electrons. The van der Waals surface area contributed by atoms with E-state index in [9.17, 15) is 0 Å². The average Bonchev–Trinajstić information content (AvgIpc) is 2.42. The maximum Gasteiger partial charge on any atom is 0.0347 e. The smallest absolute Gasteiger partial charge is 0.0347 e. The molecule has 1 unspecified atom stereocenters. The first kappa shape index (κ1) is 14.3. The molecule has 0 aliphatic carbocycles. The van der Waals surface area contributed by atoms with Crippen LogP contribution in [0.25, 0.3) is 0 Å². The van der Waals surface area contributed by atoms with Crippen molar-refractivity contribution in [1.82, 2.24) is 0 Å². The first-order valence-electron chi connectivity index (χ1n) is 6.70. The molecule has 2 heteroatoms. The van der Waals surface area contributed by atoms with Crippen molar-refractivity contribution in [2.24, 2.45) is 5.73 Å². The predicted molar refractivity (Wildman–Crippen MR) is 85.3 cm³/mol. The third kappa shape index (κ3) is 3.46. The van der Waals surface area contributed by atoms with E-state index >= 15 is 0 Å². The molecule has 0 bridgehead atoms. The summed E-state index contributed by atoms with van der Waals surface area (Å²) >= 11 is 3.64. The minimum Gasteiger partial charge on any atom is -0.324 e. The molecule has 1 nitrogen and oxygen atoms in total. The van der Waals surface area contributed by atoms with Crippen LogP contribution in [0.15, 0.2) is 46.9 Å². The Hall–Kier alpha value is -1.12. The Morgan fingerprint density at radius 3 is 2.32 bits per heavy atom. The highest BCUT2D eigenvalue weighted by Gasteiger charge is 2.11. The van der Waals surface area contributed by atoms with Crippen LogP contribution >= 0.6 is 15.9 Å². The third-order valence-corrected chi connectivity index (χ3v) is 4.59. The summed E-state index contributed by atoms with van der Waals surface area (Å²) < 4.78 is 1.13. The van der Waals surface area contributed by atoms with Gasteiger partial charge in [0.05, 0.1) is 0 Å². The molecule has 0 aliphatic rings. The van der Waals surface area contributed by atoms with Crippen molar-refractivity contribution in [2.45, 2.75) is 32.7 Å². The molecule has 0 spiro atoms. The van der Waals surface area contributed by atoms with Gasteiger partial charge in [-0.1, -0.05) is 65.3 Å². The standard InChI is InChI=1S/C17H20BrN/c1-3-13-7-9-14(10-8-13)11-16(19)15-6-4-5-12(2)17(15)18/h4-10,16H,3,11,19H2,1-2H3. The van der Waals surface area contributed by atoms with Gasteiger partial charge >= 0.3 is 0 Å². The minimum absolute atomic E-state index is 0.0294. The van der Waals surface area contributed by atoms with Gasteiger partial charge in [-0.2, -0.15) is 0 Å². The van der Waals surface area contributed by atoms with Crippen LogP contribution in [0.1, 0.15) is 35.2 Å². The topological polar surface area (TPSA) is 26.0 Å². The Labute approximate surface area is 124 Å². The van der Waals surface area contributed by atoms with Gasteiger partial charge in [0.25, 0.3) is 0 Å². The third-order valence-electron chi connectivity index (χ3n) is 3.51. The van der Waals surface area contributed by atoms with Gasteiger partial charge in [0.1, 0.15) is 0 Å². The zero-order valence-electron chi connectivity index (χ0n) is 11.5. The Morgan fingerprint density at radius 2 is 1.68 bits per heavy atom. The number of nitrogens with two attached hydrogens (primary N) is 1. The van der Waals surface area contributed by atoms with Crippen molar-refractivity contribution >= 4 is 15.9 Å².